The van der Waals surface area contributed by atoms with Gasteiger partial charge in [0.1, 0.15) is 0 Å². The predicted molar refractivity (Wildman–Crippen MR) is 49.4 cm³/mol. The molecular weight excluding hydrogens is 166 g/mol. The Morgan fingerprint density at radius 3 is 3.08 bits per heavy atom. The van der Waals surface area contributed by atoms with Crippen LogP contribution in [0.4, 0.5) is 0 Å². The quantitative estimate of drug-likeness (QED) is 0.711. The van der Waals surface area contributed by atoms with Crippen molar-refractivity contribution in [2.75, 3.05) is 0 Å². The zero-order valence-electron chi connectivity index (χ0n) is 7.58. The molecule has 0 radical (unpaired) electrons. The maximum atomic E-state index is 11.0. The molecule has 2 atom stereocenters. The average Bonchev–Trinajstić information content (AvgIpc) is 2.79. The molecule has 2 unspecified atom stereocenters. The molecule has 1 fully saturated rings. The van der Waals surface area contributed by atoms with Crippen molar-refractivity contribution in [1.82, 2.24) is 4.98 Å². The van der Waals surface area contributed by atoms with E-state index >= 15 is 0 Å². The Kier molecular flexibility index (Phi) is 1.77. The maximum absolute atomic E-state index is 11.0. The number of hydrogen-bond donors (Lipinski definition) is 2. The van der Waals surface area contributed by atoms with Crippen molar-refractivity contribution in [1.29, 1.82) is 0 Å². The van der Waals surface area contributed by atoms with Gasteiger partial charge in [-0.25, -0.2) is 0 Å². The van der Waals surface area contributed by atoms with Gasteiger partial charge in [0.2, 0.25) is 5.56 Å². The van der Waals surface area contributed by atoms with Crippen molar-refractivity contribution in [3.8, 4) is 0 Å². The number of aromatic amines is 1. The Morgan fingerprint density at radius 2 is 2.54 bits per heavy atom. The van der Waals surface area contributed by atoms with Crippen LogP contribution in [0.1, 0.15) is 25.3 Å². The highest BCUT2D eigenvalue weighted by Gasteiger charge is 2.52. The van der Waals surface area contributed by atoms with Crippen LogP contribution in [0.3, 0.4) is 0 Å². The molecule has 3 nitrogen and oxygen atoms in total. The minimum absolute atomic E-state index is 0.146. The number of rotatable bonds is 2. The summed E-state index contributed by atoms with van der Waals surface area (Å²) in [7, 11) is 0. The Hall–Kier alpha value is -1.09. The van der Waals surface area contributed by atoms with Crippen LogP contribution in [0.2, 0.25) is 0 Å². The third kappa shape index (κ3) is 1.29. The molecule has 1 aliphatic rings. The van der Waals surface area contributed by atoms with Gasteiger partial charge >= 0.3 is 0 Å². The molecule has 2 N–H and O–H groups in total. The van der Waals surface area contributed by atoms with Gasteiger partial charge in [0.05, 0.1) is 5.60 Å². The van der Waals surface area contributed by atoms with E-state index in [0.29, 0.717) is 5.92 Å². The topological polar surface area (TPSA) is 53.1 Å². The van der Waals surface area contributed by atoms with E-state index in [9.17, 15) is 9.90 Å². The van der Waals surface area contributed by atoms with E-state index in [1.54, 1.807) is 12.3 Å². The van der Waals surface area contributed by atoms with E-state index in [-0.39, 0.29) is 5.56 Å². The van der Waals surface area contributed by atoms with Gasteiger partial charge in [0.25, 0.3) is 0 Å². The normalized spacial score (nSPS) is 31.7. The highest BCUT2D eigenvalue weighted by molar-refractivity contribution is 5.27. The largest absolute Gasteiger partial charge is 0.385 e. The molecule has 0 bridgehead atoms. The molecule has 0 saturated heterocycles. The molecule has 13 heavy (non-hydrogen) atoms. The summed E-state index contributed by atoms with van der Waals surface area (Å²) >= 11 is 0. The van der Waals surface area contributed by atoms with E-state index in [1.165, 1.54) is 6.07 Å². The Bertz CT molecular complexity index is 371. The van der Waals surface area contributed by atoms with E-state index in [1.807, 2.05) is 0 Å². The summed E-state index contributed by atoms with van der Waals surface area (Å²) in [4.78, 5) is 13.5. The van der Waals surface area contributed by atoms with Crippen LogP contribution in [0.5, 0.6) is 0 Å². The van der Waals surface area contributed by atoms with E-state index in [0.717, 1.165) is 18.4 Å². The molecule has 1 saturated carbocycles. The van der Waals surface area contributed by atoms with Gasteiger partial charge in [-0.15, -0.1) is 0 Å². The smallest absolute Gasteiger partial charge is 0.248 e. The number of nitrogens with one attached hydrogen (secondary N) is 1. The molecule has 2 rings (SSSR count). The van der Waals surface area contributed by atoms with Gasteiger partial charge in [-0.1, -0.05) is 13.3 Å². The van der Waals surface area contributed by atoms with Gasteiger partial charge in [0.15, 0.2) is 0 Å². The highest BCUT2D eigenvalue weighted by atomic mass is 16.3. The summed E-state index contributed by atoms with van der Waals surface area (Å²) in [6.45, 7) is 2.05. The van der Waals surface area contributed by atoms with Crippen LogP contribution in [0.15, 0.2) is 23.1 Å². The zero-order chi connectivity index (χ0) is 9.47. The van der Waals surface area contributed by atoms with Gasteiger partial charge in [0, 0.05) is 12.3 Å². The van der Waals surface area contributed by atoms with Crippen LogP contribution in [0.25, 0.3) is 0 Å². The fraction of sp³-hybridized carbons (Fsp3) is 0.500. The second-order valence-electron chi connectivity index (χ2n) is 3.68. The maximum Gasteiger partial charge on any atom is 0.248 e. The molecule has 1 aromatic heterocycles. The van der Waals surface area contributed by atoms with Gasteiger partial charge in [-0.2, -0.15) is 0 Å². The fourth-order valence-corrected chi connectivity index (χ4v) is 1.87. The second kappa shape index (κ2) is 2.70. The van der Waals surface area contributed by atoms with Crippen LogP contribution < -0.4 is 5.56 Å². The molecule has 1 aliphatic carbocycles. The Morgan fingerprint density at radius 1 is 1.77 bits per heavy atom. The van der Waals surface area contributed by atoms with Crippen LogP contribution in [0, 0.1) is 5.92 Å². The van der Waals surface area contributed by atoms with Gasteiger partial charge < -0.3 is 10.1 Å². The lowest BCUT2D eigenvalue weighted by molar-refractivity contribution is 0.130. The summed E-state index contributed by atoms with van der Waals surface area (Å²) in [6, 6.07) is 3.26. The second-order valence-corrected chi connectivity index (χ2v) is 3.68. The molecule has 0 aliphatic heterocycles. The summed E-state index contributed by atoms with van der Waals surface area (Å²) < 4.78 is 0. The van der Waals surface area contributed by atoms with Crippen molar-refractivity contribution >= 4 is 0 Å². The van der Waals surface area contributed by atoms with Gasteiger partial charge in [-0.05, 0) is 24.0 Å². The summed E-state index contributed by atoms with van der Waals surface area (Å²) in [6.07, 6.45) is 3.33. The zero-order valence-corrected chi connectivity index (χ0v) is 7.58. The molecule has 1 heterocycles. The highest BCUT2D eigenvalue weighted by Crippen LogP contribution is 2.53. The Labute approximate surface area is 76.4 Å². The molecular formula is C10H13NO2. The molecule has 70 valence electrons. The lowest BCUT2D eigenvalue weighted by Crippen LogP contribution is -2.13. The monoisotopic (exact) mass is 179 g/mol. The third-order valence-corrected chi connectivity index (χ3v) is 2.84. The SMILES string of the molecule is CCC1CC1(O)c1cc[nH]c(=O)c1. The van der Waals surface area contributed by atoms with Crippen molar-refractivity contribution in [2.24, 2.45) is 5.92 Å². The molecule has 3 heteroatoms. The number of H-pyrrole nitrogens is 1. The standard InChI is InChI=1S/C10H13NO2/c1-2-7-6-10(7,13)8-3-4-11-9(12)5-8/h3-5,7,13H,2,6H2,1H3,(H,11,12). The lowest BCUT2D eigenvalue weighted by atomic mass is 10.1. The Balaban J connectivity index is 2.32. The first-order chi connectivity index (χ1) is 6.16. The minimum atomic E-state index is -0.719. The van der Waals surface area contributed by atoms with Crippen LogP contribution in [-0.2, 0) is 5.60 Å². The van der Waals surface area contributed by atoms with Crippen molar-refractivity contribution in [3.63, 3.8) is 0 Å². The molecule has 1 aromatic rings. The first-order valence-corrected chi connectivity index (χ1v) is 4.58. The van der Waals surface area contributed by atoms with Crippen LogP contribution in [-0.4, -0.2) is 10.1 Å². The summed E-state index contributed by atoms with van der Waals surface area (Å²) in [5.41, 5.74) is -0.112. The number of aromatic nitrogens is 1. The number of hydrogen-bond acceptors (Lipinski definition) is 2. The summed E-state index contributed by atoms with van der Waals surface area (Å²) in [5, 5.41) is 10.0. The van der Waals surface area contributed by atoms with Crippen molar-refractivity contribution in [2.45, 2.75) is 25.4 Å². The fourth-order valence-electron chi connectivity index (χ4n) is 1.87. The lowest BCUT2D eigenvalue weighted by Gasteiger charge is -2.08. The third-order valence-electron chi connectivity index (χ3n) is 2.84. The average molecular weight is 179 g/mol. The predicted octanol–water partition coefficient (Wildman–Crippen LogP) is 0.992. The minimum Gasteiger partial charge on any atom is -0.385 e. The number of aliphatic hydroxyl groups is 1. The van der Waals surface area contributed by atoms with Gasteiger partial charge in [-0.3, -0.25) is 4.79 Å². The first kappa shape index (κ1) is 8.51. The first-order valence-electron chi connectivity index (χ1n) is 4.58. The van der Waals surface area contributed by atoms with Crippen molar-refractivity contribution < 1.29 is 5.11 Å². The van der Waals surface area contributed by atoms with Crippen LogP contribution >= 0.6 is 0 Å². The van der Waals surface area contributed by atoms with E-state index < -0.39 is 5.60 Å². The van der Waals surface area contributed by atoms with Crippen molar-refractivity contribution in [3.05, 3.63) is 34.2 Å². The summed E-state index contributed by atoms with van der Waals surface area (Å²) in [5.74, 6) is 0.328. The van der Waals surface area contributed by atoms with E-state index in [4.69, 9.17) is 0 Å². The molecule has 0 aromatic carbocycles. The molecule has 0 amide bonds. The number of pyridine rings is 1. The molecule has 0 spiro atoms. The van der Waals surface area contributed by atoms with E-state index in [2.05, 4.69) is 11.9 Å².